The van der Waals surface area contributed by atoms with Gasteiger partial charge in [0.2, 0.25) is 0 Å². The standard InChI is InChI=1S/C15H19Br2NO/c1-10-5-3-4-6-14(10)18(2)15(19)11-7-12(16)9-13(17)8-11/h7-10,14H,3-6H2,1-2H3. The molecule has 1 aromatic carbocycles. The molecule has 2 nitrogen and oxygen atoms in total. The van der Waals surface area contributed by atoms with Crippen LogP contribution < -0.4 is 0 Å². The number of amides is 1. The summed E-state index contributed by atoms with van der Waals surface area (Å²) >= 11 is 6.88. The zero-order valence-electron chi connectivity index (χ0n) is 11.3. The van der Waals surface area contributed by atoms with Crippen molar-refractivity contribution in [2.45, 2.75) is 38.6 Å². The highest BCUT2D eigenvalue weighted by Gasteiger charge is 2.28. The van der Waals surface area contributed by atoms with Crippen LogP contribution in [0.5, 0.6) is 0 Å². The highest BCUT2D eigenvalue weighted by molar-refractivity contribution is 9.11. The Morgan fingerprint density at radius 2 is 1.74 bits per heavy atom. The van der Waals surface area contributed by atoms with Crippen LogP contribution in [0.4, 0.5) is 0 Å². The Morgan fingerprint density at radius 3 is 2.32 bits per heavy atom. The van der Waals surface area contributed by atoms with Gasteiger partial charge in [-0.05, 0) is 37.0 Å². The molecule has 104 valence electrons. The van der Waals surface area contributed by atoms with E-state index in [0.717, 1.165) is 20.9 Å². The number of nitrogens with zero attached hydrogens (tertiary/aromatic N) is 1. The monoisotopic (exact) mass is 387 g/mol. The fourth-order valence-corrected chi connectivity index (χ4v) is 4.20. The number of benzene rings is 1. The summed E-state index contributed by atoms with van der Waals surface area (Å²) in [5.41, 5.74) is 0.738. The van der Waals surface area contributed by atoms with Gasteiger partial charge in [-0.25, -0.2) is 0 Å². The first kappa shape index (κ1) is 15.0. The van der Waals surface area contributed by atoms with Crippen LogP contribution >= 0.6 is 31.9 Å². The van der Waals surface area contributed by atoms with Crippen molar-refractivity contribution in [3.8, 4) is 0 Å². The lowest BCUT2D eigenvalue weighted by molar-refractivity contribution is 0.0629. The van der Waals surface area contributed by atoms with Gasteiger partial charge in [0.15, 0.2) is 0 Å². The SMILES string of the molecule is CC1CCCCC1N(C)C(=O)c1cc(Br)cc(Br)c1. The van der Waals surface area contributed by atoms with Crippen molar-refractivity contribution in [2.24, 2.45) is 5.92 Å². The maximum Gasteiger partial charge on any atom is 0.253 e. The maximum absolute atomic E-state index is 12.6. The minimum atomic E-state index is 0.112. The predicted molar refractivity (Wildman–Crippen MR) is 85.4 cm³/mol. The zero-order chi connectivity index (χ0) is 14.0. The third kappa shape index (κ3) is 3.60. The van der Waals surface area contributed by atoms with Crippen LogP contribution in [0, 0.1) is 5.92 Å². The molecule has 2 atom stereocenters. The van der Waals surface area contributed by atoms with E-state index in [0.29, 0.717) is 12.0 Å². The van der Waals surface area contributed by atoms with E-state index in [1.54, 1.807) is 0 Å². The van der Waals surface area contributed by atoms with Crippen LogP contribution in [0.1, 0.15) is 43.0 Å². The Balaban J connectivity index is 2.18. The number of carbonyl (C=O) groups is 1. The lowest BCUT2D eigenvalue weighted by atomic mass is 9.85. The first-order valence-electron chi connectivity index (χ1n) is 6.72. The lowest BCUT2D eigenvalue weighted by Gasteiger charge is -2.36. The van der Waals surface area contributed by atoms with Gasteiger partial charge in [0, 0.05) is 27.6 Å². The molecule has 1 amide bonds. The third-order valence-corrected chi connectivity index (χ3v) is 4.91. The molecule has 0 bridgehead atoms. The molecule has 19 heavy (non-hydrogen) atoms. The molecular weight excluding hydrogens is 370 g/mol. The fraction of sp³-hybridized carbons (Fsp3) is 0.533. The summed E-state index contributed by atoms with van der Waals surface area (Å²) in [5, 5.41) is 0. The van der Waals surface area contributed by atoms with Crippen molar-refractivity contribution in [1.82, 2.24) is 4.90 Å². The molecule has 0 aliphatic heterocycles. The van der Waals surface area contributed by atoms with Crippen LogP contribution in [-0.2, 0) is 0 Å². The number of halogens is 2. The van der Waals surface area contributed by atoms with Gasteiger partial charge < -0.3 is 4.90 Å². The molecule has 0 radical (unpaired) electrons. The highest BCUT2D eigenvalue weighted by Crippen LogP contribution is 2.29. The van der Waals surface area contributed by atoms with Crippen LogP contribution in [0.2, 0.25) is 0 Å². The van der Waals surface area contributed by atoms with Crippen molar-refractivity contribution < 1.29 is 4.79 Å². The summed E-state index contributed by atoms with van der Waals surface area (Å²) in [6.07, 6.45) is 4.87. The Hall–Kier alpha value is -0.350. The molecule has 1 aliphatic carbocycles. The van der Waals surface area contributed by atoms with E-state index < -0.39 is 0 Å². The minimum absolute atomic E-state index is 0.112. The van der Waals surface area contributed by atoms with Crippen molar-refractivity contribution in [3.63, 3.8) is 0 Å². The highest BCUT2D eigenvalue weighted by atomic mass is 79.9. The molecule has 0 N–H and O–H groups in total. The second-order valence-electron chi connectivity index (χ2n) is 5.40. The van der Waals surface area contributed by atoms with Crippen molar-refractivity contribution in [1.29, 1.82) is 0 Å². The van der Waals surface area contributed by atoms with Crippen LogP contribution in [0.15, 0.2) is 27.1 Å². The van der Waals surface area contributed by atoms with Gasteiger partial charge in [-0.15, -0.1) is 0 Å². The first-order valence-corrected chi connectivity index (χ1v) is 8.31. The van der Waals surface area contributed by atoms with E-state index >= 15 is 0 Å². The third-order valence-electron chi connectivity index (χ3n) is 3.99. The van der Waals surface area contributed by atoms with E-state index in [-0.39, 0.29) is 5.91 Å². The van der Waals surface area contributed by atoms with Crippen molar-refractivity contribution in [3.05, 3.63) is 32.7 Å². The molecule has 1 aliphatic rings. The molecule has 1 saturated carbocycles. The summed E-state index contributed by atoms with van der Waals surface area (Å²) in [6.45, 7) is 2.25. The molecule has 2 unspecified atom stereocenters. The molecule has 0 aromatic heterocycles. The average molecular weight is 389 g/mol. The van der Waals surface area contributed by atoms with Crippen molar-refractivity contribution >= 4 is 37.8 Å². The fourth-order valence-electron chi connectivity index (χ4n) is 2.90. The number of hydrogen-bond donors (Lipinski definition) is 0. The quantitative estimate of drug-likeness (QED) is 0.708. The summed E-state index contributed by atoms with van der Waals surface area (Å²) < 4.78 is 1.85. The molecule has 0 heterocycles. The molecule has 0 spiro atoms. The molecule has 0 saturated heterocycles. The normalized spacial score (nSPS) is 23.2. The molecule has 1 aromatic rings. The van der Waals surface area contributed by atoms with Gasteiger partial charge >= 0.3 is 0 Å². The summed E-state index contributed by atoms with van der Waals surface area (Å²) in [7, 11) is 1.93. The van der Waals surface area contributed by atoms with E-state index in [9.17, 15) is 4.79 Å². The van der Waals surface area contributed by atoms with Gasteiger partial charge in [-0.2, -0.15) is 0 Å². The largest absolute Gasteiger partial charge is 0.338 e. The first-order chi connectivity index (χ1) is 8.99. The summed E-state index contributed by atoms with van der Waals surface area (Å²) in [4.78, 5) is 14.5. The second-order valence-corrected chi connectivity index (χ2v) is 7.23. The molecule has 2 rings (SSSR count). The van der Waals surface area contributed by atoms with Crippen LogP contribution in [0.25, 0.3) is 0 Å². The second kappa shape index (κ2) is 6.40. The lowest BCUT2D eigenvalue weighted by Crippen LogP contribution is -2.42. The van der Waals surface area contributed by atoms with E-state index in [1.165, 1.54) is 19.3 Å². The van der Waals surface area contributed by atoms with E-state index in [4.69, 9.17) is 0 Å². The summed E-state index contributed by atoms with van der Waals surface area (Å²) in [5.74, 6) is 0.707. The number of rotatable bonds is 2. The van der Waals surface area contributed by atoms with Crippen LogP contribution in [-0.4, -0.2) is 23.9 Å². The maximum atomic E-state index is 12.6. The van der Waals surface area contributed by atoms with E-state index in [2.05, 4.69) is 38.8 Å². The molecule has 1 fully saturated rings. The van der Waals surface area contributed by atoms with Gasteiger partial charge in [0.1, 0.15) is 0 Å². The Labute approximate surface area is 131 Å². The number of hydrogen-bond acceptors (Lipinski definition) is 1. The zero-order valence-corrected chi connectivity index (χ0v) is 14.5. The topological polar surface area (TPSA) is 20.3 Å². The van der Waals surface area contributed by atoms with E-state index in [1.807, 2.05) is 30.1 Å². The van der Waals surface area contributed by atoms with Gasteiger partial charge in [0.25, 0.3) is 5.91 Å². The molecule has 4 heteroatoms. The van der Waals surface area contributed by atoms with Crippen molar-refractivity contribution in [2.75, 3.05) is 7.05 Å². The Bertz CT molecular complexity index is 455. The Kier molecular flexibility index (Phi) is 5.07. The van der Waals surface area contributed by atoms with Gasteiger partial charge in [0.05, 0.1) is 0 Å². The average Bonchev–Trinajstić information content (AvgIpc) is 2.36. The Morgan fingerprint density at radius 1 is 1.16 bits per heavy atom. The minimum Gasteiger partial charge on any atom is -0.338 e. The predicted octanol–water partition coefficient (Wildman–Crippen LogP) is 4.86. The molecular formula is C15H19Br2NO. The van der Waals surface area contributed by atoms with Gasteiger partial charge in [-0.1, -0.05) is 51.6 Å². The van der Waals surface area contributed by atoms with Crippen LogP contribution in [0.3, 0.4) is 0 Å². The summed E-state index contributed by atoms with van der Waals surface area (Å²) in [6, 6.07) is 6.09. The van der Waals surface area contributed by atoms with Gasteiger partial charge in [-0.3, -0.25) is 4.79 Å². The smallest absolute Gasteiger partial charge is 0.253 e. The number of carbonyl (C=O) groups excluding carboxylic acids is 1.